The van der Waals surface area contributed by atoms with Crippen molar-refractivity contribution in [1.29, 1.82) is 0 Å². The molecule has 4 rings (SSSR count). The quantitative estimate of drug-likeness (QED) is 0.506. The molecule has 2 aromatic carbocycles. The van der Waals surface area contributed by atoms with E-state index in [0.717, 1.165) is 21.3 Å². The van der Waals surface area contributed by atoms with E-state index < -0.39 is 15.9 Å². The summed E-state index contributed by atoms with van der Waals surface area (Å²) in [6.45, 7) is 4.86. The molecule has 178 valence electrons. The predicted octanol–water partition coefficient (Wildman–Crippen LogP) is 3.49. The first-order valence-corrected chi connectivity index (χ1v) is 13.3. The van der Waals surface area contributed by atoms with Crippen molar-refractivity contribution in [2.75, 3.05) is 20.2 Å². The van der Waals surface area contributed by atoms with Gasteiger partial charge < -0.3 is 9.30 Å². The van der Waals surface area contributed by atoms with Crippen molar-refractivity contribution in [3.8, 4) is 18.1 Å². The number of benzene rings is 2. The molecule has 0 bridgehead atoms. The molecule has 1 fully saturated rings. The third kappa shape index (κ3) is 4.67. The molecule has 1 aliphatic rings. The molecule has 3 aromatic rings. The summed E-state index contributed by atoms with van der Waals surface area (Å²) in [5.74, 6) is 2.40. The van der Waals surface area contributed by atoms with Gasteiger partial charge in [0.15, 0.2) is 4.80 Å². The lowest BCUT2D eigenvalue weighted by molar-refractivity contribution is -0.122. The summed E-state index contributed by atoms with van der Waals surface area (Å²) in [6, 6.07) is 10.4. The number of carbonyl (C=O) groups excluding carboxylic acids is 1. The number of rotatable bonds is 5. The van der Waals surface area contributed by atoms with E-state index in [9.17, 15) is 13.2 Å². The van der Waals surface area contributed by atoms with E-state index in [-0.39, 0.29) is 17.3 Å². The maximum Gasteiger partial charge on any atom is 0.252 e. The van der Waals surface area contributed by atoms with E-state index in [1.54, 1.807) is 12.1 Å². The van der Waals surface area contributed by atoms with Crippen molar-refractivity contribution in [3.05, 3.63) is 52.3 Å². The summed E-state index contributed by atoms with van der Waals surface area (Å²) in [5, 5.41) is 0. The number of aryl methyl sites for hydroxylation is 2. The summed E-state index contributed by atoms with van der Waals surface area (Å²) >= 11 is 1.42. The Hall–Kier alpha value is -2.93. The molecule has 1 saturated heterocycles. The van der Waals surface area contributed by atoms with E-state index >= 15 is 0 Å². The zero-order chi connectivity index (χ0) is 24.5. The fraction of sp³-hybridized carbons (Fsp3) is 0.360. The lowest BCUT2D eigenvalue weighted by Crippen LogP contribution is -2.42. The first-order valence-electron chi connectivity index (χ1n) is 11.0. The predicted molar refractivity (Wildman–Crippen MR) is 133 cm³/mol. The van der Waals surface area contributed by atoms with Crippen molar-refractivity contribution < 1.29 is 17.9 Å². The highest BCUT2D eigenvalue weighted by molar-refractivity contribution is 7.89. The van der Waals surface area contributed by atoms with E-state index in [1.807, 2.05) is 18.4 Å². The summed E-state index contributed by atoms with van der Waals surface area (Å²) in [5.41, 5.74) is 3.25. The van der Waals surface area contributed by atoms with Gasteiger partial charge in [-0.15, -0.1) is 6.42 Å². The molecular formula is C25H27N3O4S2. The van der Waals surface area contributed by atoms with Gasteiger partial charge in [0.25, 0.3) is 5.91 Å². The maximum atomic E-state index is 13.2. The Balaban J connectivity index is 1.63. The number of hydrogen-bond donors (Lipinski definition) is 0. The lowest BCUT2D eigenvalue weighted by atomic mass is 9.99. The topological polar surface area (TPSA) is 81.0 Å². The highest BCUT2D eigenvalue weighted by atomic mass is 32.2. The van der Waals surface area contributed by atoms with E-state index in [0.29, 0.717) is 36.5 Å². The zero-order valence-electron chi connectivity index (χ0n) is 19.4. The fourth-order valence-electron chi connectivity index (χ4n) is 4.10. The Morgan fingerprint density at radius 2 is 1.94 bits per heavy atom. The van der Waals surface area contributed by atoms with Crippen molar-refractivity contribution >= 4 is 37.5 Å². The van der Waals surface area contributed by atoms with Crippen LogP contribution in [0.4, 0.5) is 0 Å². The van der Waals surface area contributed by atoms with Crippen molar-refractivity contribution in [1.82, 2.24) is 8.87 Å². The Morgan fingerprint density at radius 1 is 1.24 bits per heavy atom. The number of aromatic nitrogens is 1. The monoisotopic (exact) mass is 497 g/mol. The second-order valence-corrected chi connectivity index (χ2v) is 11.4. The second-order valence-electron chi connectivity index (χ2n) is 8.41. The molecule has 7 nitrogen and oxygen atoms in total. The summed E-state index contributed by atoms with van der Waals surface area (Å²) in [6.07, 6.45) is 6.77. The number of terminal acetylenes is 1. The van der Waals surface area contributed by atoms with Crippen LogP contribution >= 0.6 is 11.3 Å². The Bertz CT molecular complexity index is 1440. The third-order valence-corrected chi connectivity index (χ3v) is 9.10. The van der Waals surface area contributed by atoms with E-state index in [4.69, 9.17) is 11.2 Å². The number of carbonyl (C=O) groups is 1. The minimum atomic E-state index is -3.72. The van der Waals surface area contributed by atoms with Gasteiger partial charge in [0.1, 0.15) is 5.75 Å². The number of amides is 1. The van der Waals surface area contributed by atoms with E-state index in [1.165, 1.54) is 34.9 Å². The molecule has 0 spiro atoms. The van der Waals surface area contributed by atoms with Gasteiger partial charge in [0.05, 0.1) is 34.7 Å². The highest BCUT2D eigenvalue weighted by Crippen LogP contribution is 2.26. The van der Waals surface area contributed by atoms with Gasteiger partial charge in [-0.05, 0) is 74.2 Å². The summed E-state index contributed by atoms with van der Waals surface area (Å²) in [7, 11) is -2.19. The van der Waals surface area contributed by atoms with Crippen LogP contribution in [0.15, 0.2) is 46.3 Å². The van der Waals surface area contributed by atoms with Crippen LogP contribution in [0.3, 0.4) is 0 Å². The molecule has 1 atom stereocenters. The molecule has 1 aliphatic heterocycles. The maximum absolute atomic E-state index is 13.2. The standard InChI is InChI=1S/C25H27N3O4S2/c1-5-12-28-22-14-17(2)18(3)15-23(22)33-25(28)26-24(29)19-7-6-13-27(16-19)34(30,31)21-10-8-20(32-4)9-11-21/h1,8-11,14-15,19H,6-7,12-13,16H2,2-4H3. The lowest BCUT2D eigenvalue weighted by Gasteiger charge is -2.30. The summed E-state index contributed by atoms with van der Waals surface area (Å²) in [4.78, 5) is 18.3. The van der Waals surface area contributed by atoms with Crippen molar-refractivity contribution in [3.63, 3.8) is 0 Å². The molecule has 1 amide bonds. The molecule has 0 saturated carbocycles. The van der Waals surface area contributed by atoms with Gasteiger partial charge in [-0.1, -0.05) is 17.3 Å². The third-order valence-electron chi connectivity index (χ3n) is 6.18. The number of fused-ring (bicyclic) bond motifs is 1. The number of methoxy groups -OCH3 is 1. The van der Waals surface area contributed by atoms with Gasteiger partial charge in [-0.3, -0.25) is 4.79 Å². The van der Waals surface area contributed by atoms with Crippen LogP contribution in [-0.4, -0.2) is 43.4 Å². The van der Waals surface area contributed by atoms with Crippen LogP contribution in [0.5, 0.6) is 5.75 Å². The molecule has 9 heteroatoms. The number of thiazole rings is 1. The Kier molecular flexibility index (Phi) is 6.94. The van der Waals surface area contributed by atoms with Gasteiger partial charge in [0.2, 0.25) is 10.0 Å². The molecule has 0 aliphatic carbocycles. The molecule has 1 aromatic heterocycles. The summed E-state index contributed by atoms with van der Waals surface area (Å²) < 4.78 is 35.7. The fourth-order valence-corrected chi connectivity index (χ4v) is 6.73. The van der Waals surface area contributed by atoms with Crippen molar-refractivity contribution in [2.45, 2.75) is 38.1 Å². The average molecular weight is 498 g/mol. The molecule has 2 heterocycles. The van der Waals surface area contributed by atoms with Crippen LogP contribution in [-0.2, 0) is 21.4 Å². The van der Waals surface area contributed by atoms with Gasteiger partial charge in [0, 0.05) is 13.1 Å². The normalized spacial score (nSPS) is 17.6. The first-order chi connectivity index (χ1) is 16.2. The second kappa shape index (κ2) is 9.74. The smallest absolute Gasteiger partial charge is 0.252 e. The van der Waals surface area contributed by atoms with Crippen LogP contribution in [0.2, 0.25) is 0 Å². The Morgan fingerprint density at radius 3 is 2.62 bits per heavy atom. The Labute approximate surface area is 203 Å². The van der Waals surface area contributed by atoms with Crippen molar-refractivity contribution in [2.24, 2.45) is 10.9 Å². The van der Waals surface area contributed by atoms with E-state index in [2.05, 4.69) is 23.0 Å². The number of ether oxygens (including phenoxy) is 1. The number of piperidine rings is 1. The van der Waals surface area contributed by atoms with Crippen LogP contribution in [0.25, 0.3) is 10.2 Å². The number of hydrogen-bond acceptors (Lipinski definition) is 5. The molecule has 1 unspecified atom stereocenters. The molecular weight excluding hydrogens is 470 g/mol. The van der Waals surface area contributed by atoms with Crippen LogP contribution < -0.4 is 9.54 Å². The van der Waals surface area contributed by atoms with Gasteiger partial charge in [-0.25, -0.2) is 8.42 Å². The first kappa shape index (κ1) is 24.2. The molecule has 0 radical (unpaired) electrons. The highest BCUT2D eigenvalue weighted by Gasteiger charge is 2.33. The zero-order valence-corrected chi connectivity index (χ0v) is 21.1. The average Bonchev–Trinajstić information content (AvgIpc) is 3.15. The minimum absolute atomic E-state index is 0.106. The van der Waals surface area contributed by atoms with Gasteiger partial charge >= 0.3 is 0 Å². The number of nitrogens with zero attached hydrogens (tertiary/aromatic N) is 3. The van der Waals surface area contributed by atoms with Gasteiger partial charge in [-0.2, -0.15) is 9.30 Å². The minimum Gasteiger partial charge on any atom is -0.497 e. The van der Waals surface area contributed by atoms with Crippen LogP contribution in [0, 0.1) is 32.1 Å². The molecule has 34 heavy (non-hydrogen) atoms. The van der Waals surface area contributed by atoms with Crippen LogP contribution in [0.1, 0.15) is 24.0 Å². The largest absolute Gasteiger partial charge is 0.497 e. The SMILES string of the molecule is C#CCn1c(=NC(=O)C2CCCN(S(=O)(=O)c3ccc(OC)cc3)C2)sc2cc(C)c(C)cc21. The molecule has 0 N–H and O–H groups in total. The number of sulfonamides is 1.